The molecule has 118 valence electrons. The van der Waals surface area contributed by atoms with Gasteiger partial charge in [0.05, 0.1) is 0 Å². The molecule has 1 unspecified atom stereocenters. The molecule has 1 saturated carbocycles. The van der Waals surface area contributed by atoms with Gasteiger partial charge < -0.3 is 5.32 Å². The number of hydrogen-bond donors (Lipinski definition) is 1. The summed E-state index contributed by atoms with van der Waals surface area (Å²) in [7, 11) is 0. The first kappa shape index (κ1) is 16.8. The molecule has 0 saturated heterocycles. The van der Waals surface area contributed by atoms with E-state index in [0.29, 0.717) is 0 Å². The Kier molecular flexibility index (Phi) is 7.06. The molecule has 0 spiro atoms. The quantitative estimate of drug-likeness (QED) is 0.685. The van der Waals surface area contributed by atoms with Crippen LogP contribution in [0.2, 0.25) is 5.02 Å². The molecule has 0 aromatic heterocycles. The van der Waals surface area contributed by atoms with Crippen molar-refractivity contribution >= 4 is 11.6 Å². The third kappa shape index (κ3) is 6.40. The van der Waals surface area contributed by atoms with Crippen LogP contribution in [0.3, 0.4) is 0 Å². The van der Waals surface area contributed by atoms with E-state index >= 15 is 0 Å². The molecule has 1 nitrogen and oxygen atoms in total. The molecular weight excluding hydrogens is 278 g/mol. The summed E-state index contributed by atoms with van der Waals surface area (Å²) in [6, 6.07) is 8.41. The smallest absolute Gasteiger partial charge is 0.0406 e. The van der Waals surface area contributed by atoms with Gasteiger partial charge in [-0.1, -0.05) is 63.3 Å². The molecule has 21 heavy (non-hydrogen) atoms. The first-order valence-corrected chi connectivity index (χ1v) is 8.96. The highest BCUT2D eigenvalue weighted by Crippen LogP contribution is 2.31. The Morgan fingerprint density at radius 2 is 1.76 bits per heavy atom. The molecule has 2 heteroatoms. The molecule has 0 aliphatic heterocycles. The number of benzene rings is 1. The van der Waals surface area contributed by atoms with Crippen molar-refractivity contribution in [1.29, 1.82) is 0 Å². The van der Waals surface area contributed by atoms with E-state index in [1.54, 1.807) is 0 Å². The summed E-state index contributed by atoms with van der Waals surface area (Å²) in [5, 5.41) is 4.50. The van der Waals surface area contributed by atoms with Crippen LogP contribution in [0, 0.1) is 17.8 Å². The fourth-order valence-electron chi connectivity index (χ4n) is 3.49. The van der Waals surface area contributed by atoms with Crippen LogP contribution in [-0.4, -0.2) is 13.1 Å². The van der Waals surface area contributed by atoms with E-state index in [0.717, 1.165) is 35.9 Å². The van der Waals surface area contributed by atoms with E-state index < -0.39 is 0 Å². The van der Waals surface area contributed by atoms with E-state index in [9.17, 15) is 0 Å². The number of nitrogens with one attached hydrogen (secondary N) is 1. The average molecular weight is 308 g/mol. The summed E-state index contributed by atoms with van der Waals surface area (Å²) in [6.07, 6.45) is 8.34. The molecule has 1 aromatic rings. The minimum Gasteiger partial charge on any atom is -0.316 e. The average Bonchev–Trinajstić information content (AvgIpc) is 2.94. The van der Waals surface area contributed by atoms with Crippen LogP contribution in [0.25, 0.3) is 0 Å². The number of halogens is 1. The highest BCUT2D eigenvalue weighted by molar-refractivity contribution is 6.30. The van der Waals surface area contributed by atoms with Crippen LogP contribution in [-0.2, 0) is 6.42 Å². The molecular formula is C19H30ClN. The standard InChI is InChI=1S/C19H30ClN/c1-15(2)13-21-14-18(11-16-5-3-4-6-16)12-17-7-9-19(20)10-8-17/h7-10,15-16,18,21H,3-6,11-14H2,1-2H3. The van der Waals surface area contributed by atoms with Crippen molar-refractivity contribution in [3.05, 3.63) is 34.9 Å². The fourth-order valence-corrected chi connectivity index (χ4v) is 3.61. The summed E-state index contributed by atoms with van der Waals surface area (Å²) in [5.74, 6) is 2.45. The summed E-state index contributed by atoms with van der Waals surface area (Å²) in [4.78, 5) is 0. The van der Waals surface area contributed by atoms with Gasteiger partial charge in [0.25, 0.3) is 0 Å². The van der Waals surface area contributed by atoms with Crippen LogP contribution in [0.15, 0.2) is 24.3 Å². The van der Waals surface area contributed by atoms with Gasteiger partial charge in [-0.05, 0) is 61.4 Å². The largest absolute Gasteiger partial charge is 0.316 e. The van der Waals surface area contributed by atoms with Crippen molar-refractivity contribution in [2.75, 3.05) is 13.1 Å². The monoisotopic (exact) mass is 307 g/mol. The maximum atomic E-state index is 5.99. The van der Waals surface area contributed by atoms with Crippen LogP contribution in [0.1, 0.15) is 51.5 Å². The molecule has 1 aliphatic rings. The van der Waals surface area contributed by atoms with E-state index in [2.05, 4.69) is 31.3 Å². The molecule has 0 heterocycles. The van der Waals surface area contributed by atoms with Crippen LogP contribution in [0.4, 0.5) is 0 Å². The van der Waals surface area contributed by atoms with Crippen molar-refractivity contribution in [3.63, 3.8) is 0 Å². The Balaban J connectivity index is 1.88. The highest BCUT2D eigenvalue weighted by Gasteiger charge is 2.20. The fraction of sp³-hybridized carbons (Fsp3) is 0.684. The number of rotatable bonds is 8. The summed E-state index contributed by atoms with van der Waals surface area (Å²) >= 11 is 5.99. The molecule has 2 rings (SSSR count). The Hall–Kier alpha value is -0.530. The second-order valence-electron chi connectivity index (χ2n) is 7.13. The molecule has 1 aliphatic carbocycles. The lowest BCUT2D eigenvalue weighted by molar-refractivity contribution is 0.351. The predicted octanol–water partition coefficient (Wildman–Crippen LogP) is 5.32. The van der Waals surface area contributed by atoms with Crippen LogP contribution < -0.4 is 5.32 Å². The van der Waals surface area contributed by atoms with Gasteiger partial charge in [0.15, 0.2) is 0 Å². The van der Waals surface area contributed by atoms with E-state index in [4.69, 9.17) is 11.6 Å². The lowest BCUT2D eigenvalue weighted by atomic mass is 9.88. The molecule has 1 atom stereocenters. The lowest BCUT2D eigenvalue weighted by Crippen LogP contribution is -2.28. The van der Waals surface area contributed by atoms with Gasteiger partial charge in [-0.3, -0.25) is 0 Å². The van der Waals surface area contributed by atoms with Crippen LogP contribution in [0.5, 0.6) is 0 Å². The summed E-state index contributed by atoms with van der Waals surface area (Å²) in [6.45, 7) is 6.83. The Morgan fingerprint density at radius 3 is 2.38 bits per heavy atom. The Bertz CT molecular complexity index is 393. The van der Waals surface area contributed by atoms with E-state index in [1.165, 1.54) is 44.1 Å². The van der Waals surface area contributed by atoms with Crippen molar-refractivity contribution in [2.45, 2.75) is 52.4 Å². The minimum absolute atomic E-state index is 0.729. The predicted molar refractivity (Wildman–Crippen MR) is 92.9 cm³/mol. The van der Waals surface area contributed by atoms with E-state index in [1.807, 2.05) is 12.1 Å². The van der Waals surface area contributed by atoms with Gasteiger partial charge in [-0.25, -0.2) is 0 Å². The van der Waals surface area contributed by atoms with Crippen LogP contribution >= 0.6 is 11.6 Å². The zero-order chi connectivity index (χ0) is 15.1. The van der Waals surface area contributed by atoms with Crippen molar-refractivity contribution < 1.29 is 0 Å². The van der Waals surface area contributed by atoms with Gasteiger partial charge in [0.1, 0.15) is 0 Å². The summed E-state index contributed by atoms with van der Waals surface area (Å²) in [5.41, 5.74) is 1.42. The molecule has 0 radical (unpaired) electrons. The van der Waals surface area contributed by atoms with Crippen molar-refractivity contribution in [1.82, 2.24) is 5.32 Å². The van der Waals surface area contributed by atoms with Crippen molar-refractivity contribution in [3.8, 4) is 0 Å². The highest BCUT2D eigenvalue weighted by atomic mass is 35.5. The lowest BCUT2D eigenvalue weighted by Gasteiger charge is -2.22. The molecule has 1 fully saturated rings. The third-order valence-electron chi connectivity index (χ3n) is 4.56. The molecule has 0 amide bonds. The molecule has 0 bridgehead atoms. The van der Waals surface area contributed by atoms with Crippen molar-refractivity contribution in [2.24, 2.45) is 17.8 Å². The second kappa shape index (κ2) is 8.80. The van der Waals surface area contributed by atoms with Gasteiger partial charge in [0.2, 0.25) is 0 Å². The first-order valence-electron chi connectivity index (χ1n) is 8.58. The van der Waals surface area contributed by atoms with Gasteiger partial charge in [-0.2, -0.15) is 0 Å². The zero-order valence-corrected chi connectivity index (χ0v) is 14.3. The van der Waals surface area contributed by atoms with Gasteiger partial charge in [0, 0.05) is 5.02 Å². The number of hydrogen-bond acceptors (Lipinski definition) is 1. The first-order chi connectivity index (χ1) is 10.1. The van der Waals surface area contributed by atoms with Gasteiger partial charge in [-0.15, -0.1) is 0 Å². The minimum atomic E-state index is 0.729. The second-order valence-corrected chi connectivity index (χ2v) is 7.57. The Labute approximate surface area is 135 Å². The maximum absolute atomic E-state index is 5.99. The third-order valence-corrected chi connectivity index (χ3v) is 4.82. The van der Waals surface area contributed by atoms with E-state index in [-0.39, 0.29) is 0 Å². The Morgan fingerprint density at radius 1 is 1.10 bits per heavy atom. The normalized spacial score (nSPS) is 17.5. The molecule has 1 N–H and O–H groups in total. The SMILES string of the molecule is CC(C)CNCC(Cc1ccc(Cl)cc1)CC1CCCC1. The summed E-state index contributed by atoms with van der Waals surface area (Å²) < 4.78 is 0. The maximum Gasteiger partial charge on any atom is 0.0406 e. The zero-order valence-electron chi connectivity index (χ0n) is 13.6. The topological polar surface area (TPSA) is 12.0 Å². The molecule has 1 aromatic carbocycles. The van der Waals surface area contributed by atoms with Gasteiger partial charge >= 0.3 is 0 Å².